The summed E-state index contributed by atoms with van der Waals surface area (Å²) in [5, 5.41) is 8.95. The normalized spacial score (nSPS) is 12.2. The average molecular weight is 251 g/mol. The fourth-order valence-electron chi connectivity index (χ4n) is 1.74. The predicted octanol–water partition coefficient (Wildman–Crippen LogP) is 1.98. The van der Waals surface area contributed by atoms with Crippen molar-refractivity contribution in [1.29, 1.82) is 0 Å². The number of aromatic nitrogens is 2. The van der Waals surface area contributed by atoms with Gasteiger partial charge in [0.1, 0.15) is 12.1 Å². The molecule has 1 rings (SSSR count). The van der Waals surface area contributed by atoms with Gasteiger partial charge in [0.25, 0.3) is 0 Å². The van der Waals surface area contributed by atoms with Gasteiger partial charge >= 0.3 is 5.97 Å². The van der Waals surface area contributed by atoms with E-state index in [2.05, 4.69) is 16.9 Å². The zero-order valence-electron chi connectivity index (χ0n) is 11.3. The Balaban J connectivity index is 2.81. The number of aliphatic carboxylic acids is 1. The quantitative estimate of drug-likeness (QED) is 0.802. The molecular weight excluding hydrogens is 230 g/mol. The van der Waals surface area contributed by atoms with Crippen LogP contribution in [0.5, 0.6) is 0 Å². The zero-order chi connectivity index (χ0) is 13.5. The van der Waals surface area contributed by atoms with E-state index in [9.17, 15) is 4.79 Å². The Kier molecular flexibility index (Phi) is 5.55. The van der Waals surface area contributed by atoms with Gasteiger partial charge < -0.3 is 10.0 Å². The highest BCUT2D eigenvalue weighted by atomic mass is 16.4. The molecule has 0 aromatic carbocycles. The molecule has 0 aliphatic heterocycles. The zero-order valence-corrected chi connectivity index (χ0v) is 11.3. The molecule has 5 nitrogen and oxygen atoms in total. The Morgan fingerprint density at radius 1 is 1.44 bits per heavy atom. The van der Waals surface area contributed by atoms with Crippen LogP contribution in [-0.2, 0) is 11.2 Å². The molecule has 1 atom stereocenters. The predicted molar refractivity (Wildman–Crippen MR) is 70.7 cm³/mol. The number of rotatable bonds is 7. The third-order valence-electron chi connectivity index (χ3n) is 2.84. The Labute approximate surface area is 108 Å². The largest absolute Gasteiger partial charge is 0.481 e. The minimum absolute atomic E-state index is 0.408. The molecule has 0 radical (unpaired) electrons. The smallest absolute Gasteiger partial charge is 0.308 e. The molecule has 1 N–H and O–H groups in total. The SMILES string of the molecule is CCCc1cc(N(CC)CC(C)C(=O)O)ncn1. The van der Waals surface area contributed by atoms with Crippen molar-refractivity contribution in [3.8, 4) is 0 Å². The van der Waals surface area contributed by atoms with E-state index in [1.807, 2.05) is 17.9 Å². The van der Waals surface area contributed by atoms with Crippen LogP contribution >= 0.6 is 0 Å². The summed E-state index contributed by atoms with van der Waals surface area (Å²) in [6, 6.07) is 1.95. The second-order valence-electron chi connectivity index (χ2n) is 4.40. The molecule has 0 saturated carbocycles. The molecule has 0 saturated heterocycles. The van der Waals surface area contributed by atoms with Crippen LogP contribution in [0.1, 0.15) is 32.9 Å². The Morgan fingerprint density at radius 2 is 2.17 bits per heavy atom. The molecule has 0 spiro atoms. The number of aryl methyl sites for hydroxylation is 1. The van der Waals surface area contributed by atoms with Crippen LogP contribution in [0.2, 0.25) is 0 Å². The van der Waals surface area contributed by atoms with E-state index in [1.165, 1.54) is 0 Å². The second kappa shape index (κ2) is 6.93. The second-order valence-corrected chi connectivity index (χ2v) is 4.40. The number of hydrogen-bond acceptors (Lipinski definition) is 4. The summed E-state index contributed by atoms with van der Waals surface area (Å²) in [5.74, 6) is -0.380. The Hall–Kier alpha value is -1.65. The van der Waals surface area contributed by atoms with Crippen molar-refractivity contribution in [3.05, 3.63) is 18.1 Å². The highest BCUT2D eigenvalue weighted by Gasteiger charge is 2.16. The lowest BCUT2D eigenvalue weighted by molar-refractivity contribution is -0.140. The van der Waals surface area contributed by atoms with Gasteiger partial charge in [-0.25, -0.2) is 9.97 Å². The Morgan fingerprint density at radius 3 is 2.72 bits per heavy atom. The van der Waals surface area contributed by atoms with Gasteiger partial charge in [-0.3, -0.25) is 4.79 Å². The first-order chi connectivity index (χ1) is 8.58. The maximum absolute atomic E-state index is 10.9. The number of nitrogens with zero attached hydrogens (tertiary/aromatic N) is 3. The fourth-order valence-corrected chi connectivity index (χ4v) is 1.74. The topological polar surface area (TPSA) is 66.3 Å². The van der Waals surface area contributed by atoms with Crippen LogP contribution in [0.3, 0.4) is 0 Å². The molecule has 1 aromatic rings. The van der Waals surface area contributed by atoms with Crippen LogP contribution < -0.4 is 4.90 Å². The Bertz CT molecular complexity index is 396. The van der Waals surface area contributed by atoms with Gasteiger partial charge in [0.2, 0.25) is 0 Å². The molecule has 0 aliphatic rings. The third kappa shape index (κ3) is 3.98. The molecule has 100 valence electrons. The van der Waals surface area contributed by atoms with Gasteiger partial charge in [-0.15, -0.1) is 0 Å². The van der Waals surface area contributed by atoms with Crippen molar-refractivity contribution in [1.82, 2.24) is 9.97 Å². The van der Waals surface area contributed by atoms with E-state index >= 15 is 0 Å². The lowest BCUT2D eigenvalue weighted by Crippen LogP contribution is -2.32. The first-order valence-corrected chi connectivity index (χ1v) is 6.37. The summed E-state index contributed by atoms with van der Waals surface area (Å²) < 4.78 is 0. The molecule has 5 heteroatoms. The van der Waals surface area contributed by atoms with E-state index < -0.39 is 11.9 Å². The van der Waals surface area contributed by atoms with Gasteiger partial charge in [0.05, 0.1) is 5.92 Å². The van der Waals surface area contributed by atoms with Crippen LogP contribution in [0.15, 0.2) is 12.4 Å². The number of carboxylic acids is 1. The average Bonchev–Trinajstić information content (AvgIpc) is 2.36. The summed E-state index contributed by atoms with van der Waals surface area (Å²) in [6.07, 6.45) is 3.50. The summed E-state index contributed by atoms with van der Waals surface area (Å²) in [7, 11) is 0. The minimum atomic E-state index is -0.781. The molecule has 1 unspecified atom stereocenters. The van der Waals surface area contributed by atoms with Crippen molar-refractivity contribution >= 4 is 11.8 Å². The monoisotopic (exact) mass is 251 g/mol. The van der Waals surface area contributed by atoms with Gasteiger partial charge in [-0.1, -0.05) is 20.3 Å². The van der Waals surface area contributed by atoms with E-state index in [4.69, 9.17) is 5.11 Å². The lowest BCUT2D eigenvalue weighted by Gasteiger charge is -2.24. The summed E-state index contributed by atoms with van der Waals surface area (Å²) in [4.78, 5) is 21.3. The van der Waals surface area contributed by atoms with E-state index in [0.29, 0.717) is 6.54 Å². The minimum Gasteiger partial charge on any atom is -0.481 e. The van der Waals surface area contributed by atoms with Crippen LogP contribution in [-0.4, -0.2) is 34.1 Å². The third-order valence-corrected chi connectivity index (χ3v) is 2.84. The molecule has 0 amide bonds. The highest BCUT2D eigenvalue weighted by molar-refractivity contribution is 5.70. The first kappa shape index (κ1) is 14.4. The molecule has 0 aliphatic carbocycles. The standard InChI is InChI=1S/C13H21N3O2/c1-4-6-11-7-12(15-9-14-11)16(5-2)8-10(3)13(17)18/h7,9-10H,4-6,8H2,1-3H3,(H,17,18). The molecule has 1 aromatic heterocycles. The molecular formula is C13H21N3O2. The van der Waals surface area contributed by atoms with Gasteiger partial charge in [-0.2, -0.15) is 0 Å². The summed E-state index contributed by atoms with van der Waals surface area (Å²) in [5.41, 5.74) is 1.00. The lowest BCUT2D eigenvalue weighted by atomic mass is 10.1. The maximum Gasteiger partial charge on any atom is 0.308 e. The summed E-state index contributed by atoms with van der Waals surface area (Å²) in [6.45, 7) is 7.01. The maximum atomic E-state index is 10.9. The molecule has 1 heterocycles. The number of carbonyl (C=O) groups is 1. The van der Waals surface area contributed by atoms with Crippen LogP contribution in [0.4, 0.5) is 5.82 Å². The van der Waals surface area contributed by atoms with Crippen LogP contribution in [0, 0.1) is 5.92 Å². The van der Waals surface area contributed by atoms with Crippen molar-refractivity contribution < 1.29 is 9.90 Å². The van der Waals surface area contributed by atoms with Gasteiger partial charge in [-0.05, 0) is 13.3 Å². The van der Waals surface area contributed by atoms with Crippen LogP contribution in [0.25, 0.3) is 0 Å². The van der Waals surface area contributed by atoms with Gasteiger partial charge in [0.15, 0.2) is 0 Å². The van der Waals surface area contributed by atoms with Crippen molar-refractivity contribution in [2.45, 2.75) is 33.6 Å². The number of anilines is 1. The first-order valence-electron chi connectivity index (χ1n) is 6.37. The van der Waals surface area contributed by atoms with Crippen molar-refractivity contribution in [2.24, 2.45) is 5.92 Å². The van der Waals surface area contributed by atoms with E-state index in [-0.39, 0.29) is 0 Å². The van der Waals surface area contributed by atoms with E-state index in [1.54, 1.807) is 13.3 Å². The van der Waals surface area contributed by atoms with Crippen molar-refractivity contribution in [2.75, 3.05) is 18.0 Å². The van der Waals surface area contributed by atoms with E-state index in [0.717, 1.165) is 30.9 Å². The number of carboxylic acid groups (broad SMARTS) is 1. The molecule has 18 heavy (non-hydrogen) atoms. The summed E-state index contributed by atoms with van der Waals surface area (Å²) >= 11 is 0. The molecule has 0 fully saturated rings. The number of hydrogen-bond donors (Lipinski definition) is 1. The van der Waals surface area contributed by atoms with Crippen molar-refractivity contribution in [3.63, 3.8) is 0 Å². The van der Waals surface area contributed by atoms with Gasteiger partial charge in [0, 0.05) is 24.8 Å². The molecule has 0 bridgehead atoms. The fraction of sp³-hybridized carbons (Fsp3) is 0.615. The highest BCUT2D eigenvalue weighted by Crippen LogP contribution is 2.14.